The molecule has 7 heteroatoms. The van der Waals surface area contributed by atoms with Gasteiger partial charge in [0.15, 0.2) is 5.43 Å². The van der Waals surface area contributed by atoms with Gasteiger partial charge in [-0.2, -0.15) is 0 Å². The number of nitrogens with one attached hydrogen (secondary N) is 1. The van der Waals surface area contributed by atoms with E-state index in [4.69, 9.17) is 9.26 Å². The Morgan fingerprint density at radius 3 is 2.96 bits per heavy atom. The van der Waals surface area contributed by atoms with E-state index in [0.717, 1.165) is 17.0 Å². The molecule has 0 spiro atoms. The molecule has 0 saturated carbocycles. The molecule has 2 aromatic heterocycles. The van der Waals surface area contributed by atoms with Crippen molar-refractivity contribution in [3.8, 4) is 0 Å². The summed E-state index contributed by atoms with van der Waals surface area (Å²) in [5.74, 6) is 0.832. The molecule has 1 saturated heterocycles. The van der Waals surface area contributed by atoms with Crippen molar-refractivity contribution in [1.29, 1.82) is 0 Å². The van der Waals surface area contributed by atoms with Gasteiger partial charge in [-0.3, -0.25) is 9.59 Å². The first-order valence-corrected chi connectivity index (χ1v) is 8.97. The zero-order valence-electron chi connectivity index (χ0n) is 15.1. The number of hydrogen-bond acceptors (Lipinski definition) is 5. The molecule has 1 aromatic carbocycles. The van der Waals surface area contributed by atoms with Gasteiger partial charge in [0.2, 0.25) is 5.91 Å². The minimum absolute atomic E-state index is 0.0473. The number of ether oxygens (including phenoxy) is 1. The zero-order valence-corrected chi connectivity index (χ0v) is 15.1. The maximum absolute atomic E-state index is 12.6. The van der Waals surface area contributed by atoms with E-state index in [1.165, 1.54) is 6.07 Å². The van der Waals surface area contributed by atoms with Gasteiger partial charge in [-0.25, -0.2) is 0 Å². The van der Waals surface area contributed by atoms with Gasteiger partial charge in [0.25, 0.3) is 0 Å². The van der Waals surface area contributed by atoms with Crippen LogP contribution in [-0.4, -0.2) is 34.9 Å². The summed E-state index contributed by atoms with van der Waals surface area (Å²) >= 11 is 0. The van der Waals surface area contributed by atoms with Crippen molar-refractivity contribution in [2.75, 3.05) is 13.2 Å². The Hall–Kier alpha value is -2.93. The number of pyridine rings is 1. The second-order valence-corrected chi connectivity index (χ2v) is 6.94. The molecule has 0 radical (unpaired) electrons. The second kappa shape index (κ2) is 7.36. The van der Waals surface area contributed by atoms with E-state index in [1.54, 1.807) is 16.8 Å². The number of hydrogen-bond donors (Lipinski definition) is 1. The van der Waals surface area contributed by atoms with Crippen LogP contribution in [0.1, 0.15) is 11.5 Å². The first-order valence-electron chi connectivity index (χ1n) is 8.97. The van der Waals surface area contributed by atoms with Gasteiger partial charge in [0, 0.05) is 36.1 Å². The van der Waals surface area contributed by atoms with Crippen LogP contribution in [-0.2, 0) is 22.5 Å². The van der Waals surface area contributed by atoms with Crippen LogP contribution in [0.3, 0.4) is 0 Å². The zero-order chi connectivity index (χ0) is 18.8. The fraction of sp³-hybridized carbons (Fsp3) is 0.350. The van der Waals surface area contributed by atoms with Gasteiger partial charge in [0.1, 0.15) is 12.3 Å². The Balaban J connectivity index is 1.45. The van der Waals surface area contributed by atoms with Crippen LogP contribution in [0.2, 0.25) is 0 Å². The molecular weight excluding hydrogens is 346 g/mol. The molecule has 0 bridgehead atoms. The number of nitrogens with zero attached hydrogens (tertiary/aromatic N) is 2. The topological polar surface area (TPSA) is 86.4 Å². The Bertz CT molecular complexity index is 1020. The quantitative estimate of drug-likeness (QED) is 0.741. The summed E-state index contributed by atoms with van der Waals surface area (Å²) in [6.45, 7) is 3.08. The molecule has 1 N–H and O–H groups in total. The van der Waals surface area contributed by atoms with Crippen molar-refractivity contribution < 1.29 is 14.1 Å². The van der Waals surface area contributed by atoms with Crippen molar-refractivity contribution in [3.05, 3.63) is 64.3 Å². The smallest absolute Gasteiger partial charge is 0.240 e. The van der Waals surface area contributed by atoms with Crippen LogP contribution < -0.4 is 10.7 Å². The summed E-state index contributed by atoms with van der Waals surface area (Å²) in [5, 5.41) is 7.57. The van der Waals surface area contributed by atoms with Crippen LogP contribution >= 0.6 is 0 Å². The van der Waals surface area contributed by atoms with E-state index in [0.29, 0.717) is 25.0 Å². The van der Waals surface area contributed by atoms with E-state index in [1.807, 2.05) is 31.2 Å². The summed E-state index contributed by atoms with van der Waals surface area (Å²) < 4.78 is 12.6. The highest BCUT2D eigenvalue weighted by atomic mass is 16.5. The molecule has 1 amide bonds. The standard InChI is InChI=1S/C20H21N3O4/c1-13-8-15(27-22-13)9-14-11-26-12-17(14)21-20(25)10-23-7-6-19(24)16-4-2-3-5-18(16)23/h2-8,14,17H,9-12H2,1H3,(H,21,25)/t14-,17+/m1/s1. The monoisotopic (exact) mass is 367 g/mol. The van der Waals surface area contributed by atoms with Crippen molar-refractivity contribution in [2.45, 2.75) is 25.9 Å². The average molecular weight is 367 g/mol. The predicted octanol–water partition coefficient (Wildman–Crippen LogP) is 1.67. The van der Waals surface area contributed by atoms with E-state index >= 15 is 0 Å². The molecule has 140 valence electrons. The Kier molecular flexibility index (Phi) is 4.77. The summed E-state index contributed by atoms with van der Waals surface area (Å²) in [7, 11) is 0. The van der Waals surface area contributed by atoms with Crippen LogP contribution in [0.5, 0.6) is 0 Å². The van der Waals surface area contributed by atoms with Crippen molar-refractivity contribution in [1.82, 2.24) is 15.0 Å². The Labute approximate surface area is 155 Å². The van der Waals surface area contributed by atoms with Crippen molar-refractivity contribution in [2.24, 2.45) is 5.92 Å². The number of aryl methyl sites for hydroxylation is 1. The summed E-state index contributed by atoms with van der Waals surface area (Å²) in [4.78, 5) is 24.6. The number of fused-ring (bicyclic) bond motifs is 1. The lowest BCUT2D eigenvalue weighted by atomic mass is 9.98. The molecule has 27 heavy (non-hydrogen) atoms. The first kappa shape index (κ1) is 17.5. The molecule has 1 aliphatic heterocycles. The van der Waals surface area contributed by atoms with E-state index in [-0.39, 0.29) is 29.8 Å². The maximum Gasteiger partial charge on any atom is 0.240 e. The molecule has 0 unspecified atom stereocenters. The van der Waals surface area contributed by atoms with Crippen LogP contribution in [0, 0.1) is 12.8 Å². The van der Waals surface area contributed by atoms with Gasteiger partial charge in [-0.05, 0) is 19.1 Å². The van der Waals surface area contributed by atoms with Gasteiger partial charge in [-0.15, -0.1) is 0 Å². The van der Waals surface area contributed by atoms with Gasteiger partial charge in [-0.1, -0.05) is 17.3 Å². The average Bonchev–Trinajstić information content (AvgIpc) is 3.27. The predicted molar refractivity (Wildman–Crippen MR) is 99.4 cm³/mol. The molecular formula is C20H21N3O4. The fourth-order valence-corrected chi connectivity index (χ4v) is 3.54. The van der Waals surface area contributed by atoms with Gasteiger partial charge >= 0.3 is 0 Å². The molecule has 7 nitrogen and oxygen atoms in total. The first-order chi connectivity index (χ1) is 13.1. The number of carbonyl (C=O) groups is 1. The molecule has 3 aromatic rings. The number of amides is 1. The van der Waals surface area contributed by atoms with Crippen molar-refractivity contribution in [3.63, 3.8) is 0 Å². The minimum atomic E-state index is -0.113. The molecule has 3 heterocycles. The third-order valence-electron chi connectivity index (χ3n) is 4.88. The molecule has 0 aliphatic carbocycles. The Morgan fingerprint density at radius 2 is 2.15 bits per heavy atom. The van der Waals surface area contributed by atoms with Gasteiger partial charge in [0.05, 0.1) is 30.5 Å². The molecule has 1 fully saturated rings. The lowest BCUT2D eigenvalue weighted by Crippen LogP contribution is -2.42. The molecule has 2 atom stereocenters. The number of carbonyl (C=O) groups excluding carboxylic acids is 1. The second-order valence-electron chi connectivity index (χ2n) is 6.94. The lowest BCUT2D eigenvalue weighted by Gasteiger charge is -2.19. The highest BCUT2D eigenvalue weighted by Gasteiger charge is 2.30. The van der Waals surface area contributed by atoms with E-state index in [9.17, 15) is 9.59 Å². The van der Waals surface area contributed by atoms with E-state index < -0.39 is 0 Å². The summed E-state index contributed by atoms with van der Waals surface area (Å²) in [6.07, 6.45) is 2.33. The molecule has 1 aliphatic rings. The Morgan fingerprint density at radius 1 is 1.30 bits per heavy atom. The van der Waals surface area contributed by atoms with Crippen molar-refractivity contribution >= 4 is 16.8 Å². The molecule has 4 rings (SSSR count). The SMILES string of the molecule is Cc1cc(C[C@@H]2COC[C@@H]2NC(=O)Cn2ccc(=O)c3ccccc32)on1. The number of aromatic nitrogens is 2. The lowest BCUT2D eigenvalue weighted by molar-refractivity contribution is -0.122. The fourth-order valence-electron chi connectivity index (χ4n) is 3.54. The highest BCUT2D eigenvalue weighted by Crippen LogP contribution is 2.20. The highest BCUT2D eigenvalue weighted by molar-refractivity contribution is 5.82. The summed E-state index contributed by atoms with van der Waals surface area (Å²) in [6, 6.07) is 10.6. The number of rotatable bonds is 5. The van der Waals surface area contributed by atoms with Crippen LogP contribution in [0.25, 0.3) is 10.9 Å². The third-order valence-corrected chi connectivity index (χ3v) is 4.88. The van der Waals surface area contributed by atoms with E-state index in [2.05, 4.69) is 10.5 Å². The normalized spacial score (nSPS) is 19.4. The minimum Gasteiger partial charge on any atom is -0.379 e. The third kappa shape index (κ3) is 3.78. The maximum atomic E-state index is 12.6. The van der Waals surface area contributed by atoms with Crippen LogP contribution in [0.15, 0.2) is 51.9 Å². The largest absolute Gasteiger partial charge is 0.379 e. The summed E-state index contributed by atoms with van der Waals surface area (Å²) in [5.41, 5.74) is 1.54. The van der Waals surface area contributed by atoms with Crippen LogP contribution in [0.4, 0.5) is 0 Å². The number of benzene rings is 1. The van der Waals surface area contributed by atoms with Gasteiger partial charge < -0.3 is 19.1 Å². The number of para-hydroxylation sites is 1.